The van der Waals surface area contributed by atoms with Crippen LogP contribution in [0.2, 0.25) is 0 Å². The molecule has 0 aromatic heterocycles. The Morgan fingerprint density at radius 1 is 1.08 bits per heavy atom. The summed E-state index contributed by atoms with van der Waals surface area (Å²) in [6.07, 6.45) is 8.52. The highest BCUT2D eigenvalue weighted by atomic mass is 14.5. The third-order valence-corrected chi connectivity index (χ3v) is 4.30. The second kappa shape index (κ2) is 3.32. The lowest BCUT2D eigenvalue weighted by molar-refractivity contribution is 0.316. The van der Waals surface area contributed by atoms with Crippen molar-refractivity contribution in [1.82, 2.24) is 0 Å². The summed E-state index contributed by atoms with van der Waals surface area (Å²) >= 11 is 0. The molecule has 2 aliphatic rings. The van der Waals surface area contributed by atoms with Crippen molar-refractivity contribution in [3.05, 3.63) is 25.3 Å². The van der Waals surface area contributed by atoms with Crippen molar-refractivity contribution in [3.8, 4) is 0 Å². The van der Waals surface area contributed by atoms with E-state index in [0.29, 0.717) is 0 Å². The summed E-state index contributed by atoms with van der Waals surface area (Å²) in [4.78, 5) is 0. The predicted molar refractivity (Wildman–Crippen MR) is 57.4 cm³/mol. The largest absolute Gasteiger partial charge is 0.103 e. The van der Waals surface area contributed by atoms with Gasteiger partial charge in [-0.25, -0.2) is 0 Å². The second-order valence-electron chi connectivity index (χ2n) is 4.83. The Hall–Kier alpha value is -0.520. The second-order valence-corrected chi connectivity index (χ2v) is 4.83. The molecule has 13 heavy (non-hydrogen) atoms. The summed E-state index contributed by atoms with van der Waals surface area (Å²) in [6.45, 7) is 10.3. The van der Waals surface area contributed by atoms with Gasteiger partial charge in [-0.05, 0) is 42.4 Å². The highest BCUT2D eigenvalue weighted by Crippen LogP contribution is 2.54. The molecule has 0 amide bonds. The Bertz CT molecular complexity index is 216. The van der Waals surface area contributed by atoms with Crippen LogP contribution in [0.15, 0.2) is 25.3 Å². The van der Waals surface area contributed by atoms with Crippen LogP contribution in [0.4, 0.5) is 0 Å². The van der Waals surface area contributed by atoms with Crippen molar-refractivity contribution in [3.63, 3.8) is 0 Å². The first kappa shape index (κ1) is 9.05. The number of allylic oxidation sites excluding steroid dienone is 2. The molecule has 0 aliphatic heterocycles. The molecule has 0 heteroatoms. The van der Waals surface area contributed by atoms with Gasteiger partial charge < -0.3 is 0 Å². The zero-order valence-electron chi connectivity index (χ0n) is 8.58. The Morgan fingerprint density at radius 2 is 1.77 bits per heavy atom. The Morgan fingerprint density at radius 3 is 2.38 bits per heavy atom. The lowest BCUT2D eigenvalue weighted by atomic mass is 9.85. The minimum atomic E-state index is 0.769. The number of hydrogen-bond donors (Lipinski definition) is 0. The van der Waals surface area contributed by atoms with Crippen molar-refractivity contribution in [1.29, 1.82) is 0 Å². The van der Waals surface area contributed by atoms with Crippen LogP contribution in [0.1, 0.15) is 26.2 Å². The van der Waals surface area contributed by atoms with Crippen molar-refractivity contribution < 1.29 is 0 Å². The third kappa shape index (κ3) is 1.27. The fourth-order valence-corrected chi connectivity index (χ4v) is 3.67. The van der Waals surface area contributed by atoms with Crippen LogP contribution in [0, 0.1) is 29.6 Å². The third-order valence-electron chi connectivity index (χ3n) is 4.30. The van der Waals surface area contributed by atoms with Gasteiger partial charge in [-0.1, -0.05) is 25.5 Å². The monoisotopic (exact) mass is 176 g/mol. The fourth-order valence-electron chi connectivity index (χ4n) is 3.67. The molecule has 0 N–H and O–H groups in total. The van der Waals surface area contributed by atoms with E-state index in [-0.39, 0.29) is 0 Å². The smallest absolute Gasteiger partial charge is 0.0197 e. The van der Waals surface area contributed by atoms with Crippen LogP contribution in [0.5, 0.6) is 0 Å². The molecule has 5 atom stereocenters. The normalized spacial score (nSPS) is 48.8. The van der Waals surface area contributed by atoms with Gasteiger partial charge in [-0.3, -0.25) is 0 Å². The van der Waals surface area contributed by atoms with E-state index >= 15 is 0 Å². The van der Waals surface area contributed by atoms with Gasteiger partial charge in [0.2, 0.25) is 0 Å². The zero-order chi connectivity index (χ0) is 9.42. The molecule has 2 rings (SSSR count). The molecule has 0 nitrogen and oxygen atoms in total. The molecule has 0 aromatic rings. The highest BCUT2D eigenvalue weighted by Gasteiger charge is 2.46. The first-order chi connectivity index (χ1) is 6.27. The van der Waals surface area contributed by atoms with E-state index < -0.39 is 0 Å². The zero-order valence-corrected chi connectivity index (χ0v) is 8.58. The molecule has 0 heterocycles. The topological polar surface area (TPSA) is 0 Å². The average Bonchev–Trinajstić information content (AvgIpc) is 2.67. The predicted octanol–water partition coefficient (Wildman–Crippen LogP) is 3.66. The van der Waals surface area contributed by atoms with Crippen molar-refractivity contribution in [2.24, 2.45) is 29.6 Å². The first-order valence-electron chi connectivity index (χ1n) is 5.53. The molecule has 5 unspecified atom stereocenters. The van der Waals surface area contributed by atoms with Gasteiger partial charge >= 0.3 is 0 Å². The standard InChI is InChI=1S/C13H20/c1-4-10-8-11(5-2)13-9(3)6-7-12(10)13/h4-5,9-13H,1-2,6-8H2,3H3. The number of hydrogen-bond acceptors (Lipinski definition) is 0. The molecule has 2 saturated carbocycles. The van der Waals surface area contributed by atoms with Gasteiger partial charge in [-0.2, -0.15) is 0 Å². The first-order valence-corrected chi connectivity index (χ1v) is 5.53. The molecule has 0 radical (unpaired) electrons. The van der Waals surface area contributed by atoms with Gasteiger partial charge in [0.05, 0.1) is 0 Å². The van der Waals surface area contributed by atoms with Crippen molar-refractivity contribution in [2.75, 3.05) is 0 Å². The summed E-state index contributed by atoms with van der Waals surface area (Å²) in [5, 5.41) is 0. The van der Waals surface area contributed by atoms with Crippen molar-refractivity contribution in [2.45, 2.75) is 26.2 Å². The van der Waals surface area contributed by atoms with Crippen LogP contribution < -0.4 is 0 Å². The van der Waals surface area contributed by atoms with E-state index in [2.05, 4.69) is 32.2 Å². The average molecular weight is 176 g/mol. The van der Waals surface area contributed by atoms with Gasteiger partial charge in [-0.15, -0.1) is 13.2 Å². The van der Waals surface area contributed by atoms with E-state index in [1.165, 1.54) is 19.3 Å². The summed E-state index contributed by atoms with van der Waals surface area (Å²) in [5.41, 5.74) is 0. The highest BCUT2D eigenvalue weighted by molar-refractivity contribution is 5.06. The maximum Gasteiger partial charge on any atom is -0.0197 e. The molecular formula is C13H20. The summed E-state index contributed by atoms with van der Waals surface area (Å²) < 4.78 is 0. The minimum absolute atomic E-state index is 0.769. The summed E-state index contributed by atoms with van der Waals surface area (Å²) in [7, 11) is 0. The Kier molecular flexibility index (Phi) is 2.31. The Labute approximate surface area is 81.7 Å². The van der Waals surface area contributed by atoms with Crippen LogP contribution >= 0.6 is 0 Å². The van der Waals surface area contributed by atoms with Crippen LogP contribution in [0.25, 0.3) is 0 Å². The maximum atomic E-state index is 3.97. The van der Waals surface area contributed by atoms with Gasteiger partial charge in [0.25, 0.3) is 0 Å². The van der Waals surface area contributed by atoms with Gasteiger partial charge in [0.15, 0.2) is 0 Å². The molecule has 2 aliphatic carbocycles. The molecular weight excluding hydrogens is 156 g/mol. The lowest BCUT2D eigenvalue weighted by Gasteiger charge is -2.20. The van der Waals surface area contributed by atoms with Gasteiger partial charge in [0.1, 0.15) is 0 Å². The quantitative estimate of drug-likeness (QED) is 0.563. The summed E-state index contributed by atoms with van der Waals surface area (Å²) in [5.74, 6) is 4.30. The molecule has 0 saturated heterocycles. The molecule has 0 bridgehead atoms. The minimum Gasteiger partial charge on any atom is -0.103 e. The van der Waals surface area contributed by atoms with E-state index in [1.807, 2.05) is 0 Å². The van der Waals surface area contributed by atoms with E-state index in [1.54, 1.807) is 0 Å². The van der Waals surface area contributed by atoms with Gasteiger partial charge in [0, 0.05) is 0 Å². The van der Waals surface area contributed by atoms with Crippen LogP contribution in [-0.4, -0.2) is 0 Å². The molecule has 0 aromatic carbocycles. The maximum absolute atomic E-state index is 3.97. The molecule has 0 spiro atoms. The molecule has 2 fully saturated rings. The van der Waals surface area contributed by atoms with E-state index in [0.717, 1.165) is 29.6 Å². The molecule has 72 valence electrons. The van der Waals surface area contributed by atoms with Crippen LogP contribution in [-0.2, 0) is 0 Å². The summed E-state index contributed by atoms with van der Waals surface area (Å²) in [6, 6.07) is 0. The lowest BCUT2D eigenvalue weighted by Crippen LogP contribution is -2.14. The van der Waals surface area contributed by atoms with E-state index in [4.69, 9.17) is 0 Å². The fraction of sp³-hybridized carbons (Fsp3) is 0.692. The number of fused-ring (bicyclic) bond motifs is 1. The van der Waals surface area contributed by atoms with Crippen LogP contribution in [0.3, 0.4) is 0 Å². The Balaban J connectivity index is 2.20. The SMILES string of the molecule is C=CC1CC(C=C)C2C(C)CCC12. The van der Waals surface area contributed by atoms with E-state index in [9.17, 15) is 0 Å². The number of rotatable bonds is 2. The van der Waals surface area contributed by atoms with Crippen molar-refractivity contribution >= 4 is 0 Å².